The van der Waals surface area contributed by atoms with Gasteiger partial charge >= 0.3 is 0 Å². The number of fused-ring (bicyclic) bond motifs is 1. The normalized spacial score (nSPS) is 20.5. The van der Waals surface area contributed by atoms with E-state index >= 15 is 0 Å². The second kappa shape index (κ2) is 7.28. The molecule has 0 radical (unpaired) electrons. The van der Waals surface area contributed by atoms with Gasteiger partial charge in [-0.2, -0.15) is 11.8 Å². The summed E-state index contributed by atoms with van der Waals surface area (Å²) < 4.78 is 0. The molecule has 2 unspecified atom stereocenters. The Morgan fingerprint density at radius 1 is 1.33 bits per heavy atom. The number of nitrogens with one attached hydrogen (secondary N) is 1. The summed E-state index contributed by atoms with van der Waals surface area (Å²) in [6.07, 6.45) is 9.15. The number of aromatic nitrogens is 1. The Morgan fingerprint density at radius 2 is 2.29 bits per heavy atom. The monoisotopic (exact) mass is 300 g/mol. The Bertz CT molecular complexity index is 573. The highest BCUT2D eigenvalue weighted by Crippen LogP contribution is 2.37. The van der Waals surface area contributed by atoms with Gasteiger partial charge in [0.25, 0.3) is 0 Å². The molecule has 2 nitrogen and oxygen atoms in total. The zero-order valence-electron chi connectivity index (χ0n) is 12.7. The largest absolute Gasteiger partial charge is 0.309 e. The van der Waals surface area contributed by atoms with Crippen molar-refractivity contribution in [2.24, 2.45) is 0 Å². The number of thioether (sulfide) groups is 1. The van der Waals surface area contributed by atoms with Gasteiger partial charge in [-0.1, -0.05) is 31.5 Å². The van der Waals surface area contributed by atoms with Crippen molar-refractivity contribution in [1.29, 1.82) is 0 Å². The first-order valence-electron chi connectivity index (χ1n) is 8.08. The maximum absolute atomic E-state index is 4.35. The topological polar surface area (TPSA) is 24.9 Å². The molecular weight excluding hydrogens is 276 g/mol. The SMILES string of the molecule is CCCNC(c1cccc2ccncc12)C1CCCCS1. The van der Waals surface area contributed by atoms with Crippen molar-refractivity contribution < 1.29 is 0 Å². The number of benzene rings is 1. The van der Waals surface area contributed by atoms with Crippen LogP contribution in [0.15, 0.2) is 36.7 Å². The molecule has 1 N–H and O–H groups in total. The lowest BCUT2D eigenvalue weighted by atomic mass is 9.95. The van der Waals surface area contributed by atoms with E-state index in [1.54, 1.807) is 0 Å². The summed E-state index contributed by atoms with van der Waals surface area (Å²) in [5, 5.41) is 7.09. The first kappa shape index (κ1) is 14.9. The standard InChI is InChI=1S/C18H24N2S/c1-2-10-20-18(17-8-3-4-12-21-17)15-7-5-6-14-9-11-19-13-16(14)15/h5-7,9,11,13,17-18,20H,2-4,8,10,12H2,1H3. The zero-order chi connectivity index (χ0) is 14.5. The van der Waals surface area contributed by atoms with Crippen LogP contribution in [0.3, 0.4) is 0 Å². The average Bonchev–Trinajstić information content (AvgIpc) is 2.56. The summed E-state index contributed by atoms with van der Waals surface area (Å²) >= 11 is 2.14. The van der Waals surface area contributed by atoms with Crippen LogP contribution in [0.1, 0.15) is 44.2 Å². The molecule has 1 saturated heterocycles. The second-order valence-electron chi connectivity index (χ2n) is 5.78. The third-order valence-electron chi connectivity index (χ3n) is 4.25. The molecule has 2 aromatic rings. The maximum atomic E-state index is 4.35. The van der Waals surface area contributed by atoms with Crippen LogP contribution < -0.4 is 5.32 Å². The van der Waals surface area contributed by atoms with E-state index in [1.807, 2.05) is 12.4 Å². The predicted octanol–water partition coefficient (Wildman–Crippen LogP) is 4.56. The van der Waals surface area contributed by atoms with Gasteiger partial charge in [-0.3, -0.25) is 4.98 Å². The van der Waals surface area contributed by atoms with E-state index in [2.05, 4.69) is 53.3 Å². The minimum absolute atomic E-state index is 0.447. The number of pyridine rings is 1. The van der Waals surface area contributed by atoms with Crippen LogP contribution in [-0.2, 0) is 0 Å². The molecule has 3 heteroatoms. The second-order valence-corrected chi connectivity index (χ2v) is 7.13. The van der Waals surface area contributed by atoms with Gasteiger partial charge in [-0.25, -0.2) is 0 Å². The van der Waals surface area contributed by atoms with Crippen LogP contribution in [0.5, 0.6) is 0 Å². The van der Waals surface area contributed by atoms with Crippen LogP contribution in [0.4, 0.5) is 0 Å². The third-order valence-corrected chi connectivity index (χ3v) is 5.71. The molecule has 0 saturated carbocycles. The van der Waals surface area contributed by atoms with E-state index in [9.17, 15) is 0 Å². The van der Waals surface area contributed by atoms with E-state index < -0.39 is 0 Å². The molecule has 1 aliphatic rings. The minimum atomic E-state index is 0.447. The van der Waals surface area contributed by atoms with Crippen molar-refractivity contribution in [3.63, 3.8) is 0 Å². The molecule has 0 amide bonds. The fraction of sp³-hybridized carbons (Fsp3) is 0.500. The Balaban J connectivity index is 1.96. The lowest BCUT2D eigenvalue weighted by molar-refractivity contribution is 0.481. The summed E-state index contributed by atoms with van der Waals surface area (Å²) in [7, 11) is 0. The van der Waals surface area contributed by atoms with Gasteiger partial charge in [-0.05, 0) is 48.6 Å². The van der Waals surface area contributed by atoms with Crippen LogP contribution in [-0.4, -0.2) is 22.5 Å². The van der Waals surface area contributed by atoms with Crippen LogP contribution >= 0.6 is 11.8 Å². The lowest BCUT2D eigenvalue weighted by Crippen LogP contribution is -2.32. The smallest absolute Gasteiger partial charge is 0.0447 e. The average molecular weight is 300 g/mol. The first-order valence-corrected chi connectivity index (χ1v) is 9.12. The van der Waals surface area contributed by atoms with E-state index in [0.717, 1.165) is 6.54 Å². The summed E-state index contributed by atoms with van der Waals surface area (Å²) in [5.41, 5.74) is 1.42. The number of rotatable bonds is 5. The molecule has 1 fully saturated rings. The summed E-state index contributed by atoms with van der Waals surface area (Å²) in [6.45, 7) is 3.32. The van der Waals surface area contributed by atoms with E-state index in [-0.39, 0.29) is 0 Å². The molecule has 0 aliphatic carbocycles. The van der Waals surface area contributed by atoms with Crippen molar-refractivity contribution in [2.45, 2.75) is 43.9 Å². The van der Waals surface area contributed by atoms with Gasteiger partial charge < -0.3 is 5.32 Å². The number of nitrogens with zero attached hydrogens (tertiary/aromatic N) is 1. The van der Waals surface area contributed by atoms with Crippen LogP contribution in [0.25, 0.3) is 10.8 Å². The fourth-order valence-electron chi connectivity index (χ4n) is 3.18. The van der Waals surface area contributed by atoms with Crippen molar-refractivity contribution in [3.05, 3.63) is 42.2 Å². The summed E-state index contributed by atoms with van der Waals surface area (Å²) in [5.74, 6) is 1.30. The highest BCUT2D eigenvalue weighted by atomic mass is 32.2. The number of hydrogen-bond acceptors (Lipinski definition) is 3. The van der Waals surface area contributed by atoms with Crippen molar-refractivity contribution in [2.75, 3.05) is 12.3 Å². The molecule has 1 aromatic heterocycles. The molecule has 112 valence electrons. The first-order chi connectivity index (χ1) is 10.4. The summed E-state index contributed by atoms with van der Waals surface area (Å²) in [6, 6.07) is 9.22. The highest BCUT2D eigenvalue weighted by Gasteiger charge is 2.26. The molecule has 1 aromatic carbocycles. The van der Waals surface area contributed by atoms with Gasteiger partial charge in [0.15, 0.2) is 0 Å². The molecule has 2 atom stereocenters. The van der Waals surface area contributed by atoms with Gasteiger partial charge in [-0.15, -0.1) is 0 Å². The Labute approximate surface area is 131 Å². The zero-order valence-corrected chi connectivity index (χ0v) is 13.5. The Kier molecular flexibility index (Phi) is 5.15. The van der Waals surface area contributed by atoms with E-state index in [4.69, 9.17) is 0 Å². The maximum Gasteiger partial charge on any atom is 0.0447 e. The van der Waals surface area contributed by atoms with Crippen molar-refractivity contribution >= 4 is 22.5 Å². The molecule has 2 heterocycles. The van der Waals surface area contributed by atoms with E-state index in [1.165, 1.54) is 47.8 Å². The summed E-state index contributed by atoms with van der Waals surface area (Å²) in [4.78, 5) is 4.35. The van der Waals surface area contributed by atoms with Gasteiger partial charge in [0.2, 0.25) is 0 Å². The lowest BCUT2D eigenvalue weighted by Gasteiger charge is -2.31. The van der Waals surface area contributed by atoms with Crippen LogP contribution in [0.2, 0.25) is 0 Å². The van der Waals surface area contributed by atoms with Crippen LogP contribution in [0, 0.1) is 0 Å². The molecular formula is C18H24N2S. The van der Waals surface area contributed by atoms with E-state index in [0.29, 0.717) is 11.3 Å². The van der Waals surface area contributed by atoms with Gasteiger partial charge in [0.05, 0.1) is 0 Å². The van der Waals surface area contributed by atoms with Gasteiger partial charge in [0, 0.05) is 29.1 Å². The third kappa shape index (κ3) is 3.41. The minimum Gasteiger partial charge on any atom is -0.309 e. The Hall–Kier alpha value is -1.06. The molecule has 1 aliphatic heterocycles. The van der Waals surface area contributed by atoms with Crippen molar-refractivity contribution in [1.82, 2.24) is 10.3 Å². The van der Waals surface area contributed by atoms with Crippen molar-refractivity contribution in [3.8, 4) is 0 Å². The highest BCUT2D eigenvalue weighted by molar-refractivity contribution is 8.00. The Morgan fingerprint density at radius 3 is 3.10 bits per heavy atom. The fourth-order valence-corrected chi connectivity index (χ4v) is 4.62. The molecule has 21 heavy (non-hydrogen) atoms. The molecule has 0 bridgehead atoms. The quantitative estimate of drug-likeness (QED) is 0.876. The molecule has 3 rings (SSSR count). The number of hydrogen-bond donors (Lipinski definition) is 1. The van der Waals surface area contributed by atoms with Gasteiger partial charge in [0.1, 0.15) is 0 Å². The predicted molar refractivity (Wildman–Crippen MR) is 92.9 cm³/mol. The molecule has 0 spiro atoms.